The van der Waals surface area contributed by atoms with Gasteiger partial charge in [0, 0.05) is 12.0 Å². The van der Waals surface area contributed by atoms with Crippen molar-refractivity contribution in [1.82, 2.24) is 10.2 Å². The lowest BCUT2D eigenvalue weighted by molar-refractivity contribution is -0.124. The van der Waals surface area contributed by atoms with Crippen molar-refractivity contribution in [3.63, 3.8) is 0 Å². The Kier molecular flexibility index (Phi) is 4.58. The summed E-state index contributed by atoms with van der Waals surface area (Å²) in [6, 6.07) is 0.348. The van der Waals surface area contributed by atoms with E-state index in [-0.39, 0.29) is 12.2 Å². The molecule has 0 aromatic carbocycles. The minimum atomic E-state index is 0.000801. The average Bonchev–Trinajstić information content (AvgIpc) is 3.15. The fourth-order valence-electron chi connectivity index (χ4n) is 3.25. The van der Waals surface area contributed by atoms with Crippen LogP contribution in [0.4, 0.5) is 0 Å². The van der Waals surface area contributed by atoms with Crippen LogP contribution in [0.25, 0.3) is 0 Å². The molecule has 20 heavy (non-hydrogen) atoms. The number of carbonyl (C=O) groups excluding carboxylic acids is 1. The van der Waals surface area contributed by atoms with Gasteiger partial charge < -0.3 is 14.8 Å². The molecule has 1 aliphatic carbocycles. The van der Waals surface area contributed by atoms with Crippen LogP contribution in [0, 0.1) is 11.8 Å². The number of hydrogen-bond donors (Lipinski definition) is 1. The molecule has 5 heteroatoms. The van der Waals surface area contributed by atoms with Crippen LogP contribution in [0.2, 0.25) is 0 Å². The Morgan fingerprint density at radius 1 is 1.20 bits per heavy atom. The molecule has 1 N–H and O–H groups in total. The molecular weight excluding hydrogens is 256 g/mol. The van der Waals surface area contributed by atoms with Crippen LogP contribution in [0.1, 0.15) is 32.6 Å². The van der Waals surface area contributed by atoms with Crippen molar-refractivity contribution < 1.29 is 14.3 Å². The molecule has 1 saturated carbocycles. The molecular formula is C15H26N2O3. The lowest BCUT2D eigenvalue weighted by Crippen LogP contribution is -2.45. The number of nitrogens with one attached hydrogen (secondary N) is 1. The third-order valence-corrected chi connectivity index (χ3v) is 4.75. The molecule has 3 aliphatic rings. The highest BCUT2D eigenvalue weighted by Gasteiger charge is 2.32. The van der Waals surface area contributed by atoms with E-state index >= 15 is 0 Å². The van der Waals surface area contributed by atoms with Gasteiger partial charge in [0.05, 0.1) is 19.8 Å². The van der Waals surface area contributed by atoms with Crippen molar-refractivity contribution in [2.45, 2.75) is 44.9 Å². The summed E-state index contributed by atoms with van der Waals surface area (Å²) in [5.41, 5.74) is 0. The monoisotopic (exact) mass is 282 g/mol. The molecule has 3 rings (SSSR count). The van der Waals surface area contributed by atoms with E-state index in [1.165, 1.54) is 12.8 Å². The minimum Gasteiger partial charge on any atom is -0.352 e. The fraction of sp³-hybridized carbons (Fsp3) is 0.933. The lowest BCUT2D eigenvalue weighted by atomic mass is 9.96. The summed E-state index contributed by atoms with van der Waals surface area (Å²) in [7, 11) is 0. The van der Waals surface area contributed by atoms with Crippen molar-refractivity contribution in [3.8, 4) is 0 Å². The molecule has 5 nitrogen and oxygen atoms in total. The highest BCUT2D eigenvalue weighted by Crippen LogP contribution is 2.32. The van der Waals surface area contributed by atoms with Crippen LogP contribution < -0.4 is 5.32 Å². The third kappa shape index (κ3) is 3.71. The Morgan fingerprint density at radius 2 is 1.85 bits per heavy atom. The van der Waals surface area contributed by atoms with E-state index in [1.807, 2.05) is 0 Å². The first-order chi connectivity index (χ1) is 9.72. The lowest BCUT2D eigenvalue weighted by Gasteiger charge is -2.33. The Balaban J connectivity index is 1.36. The van der Waals surface area contributed by atoms with E-state index in [4.69, 9.17) is 9.47 Å². The number of rotatable bonds is 5. The standard InChI is InChI=1S/C15H26N2O3/c1-11(12-2-3-12)16-14(18)10-17-6-4-13(5-7-17)15-19-8-9-20-15/h11-13,15H,2-10H2,1H3,(H,16,18). The molecule has 0 radical (unpaired) electrons. The summed E-state index contributed by atoms with van der Waals surface area (Å²) >= 11 is 0. The van der Waals surface area contributed by atoms with Gasteiger partial charge >= 0.3 is 0 Å². The Morgan fingerprint density at radius 3 is 2.45 bits per heavy atom. The van der Waals surface area contributed by atoms with E-state index in [2.05, 4.69) is 17.1 Å². The van der Waals surface area contributed by atoms with Crippen molar-refractivity contribution in [2.75, 3.05) is 32.8 Å². The molecule has 2 heterocycles. The second-order valence-electron chi connectivity index (χ2n) is 6.42. The van der Waals surface area contributed by atoms with Crippen molar-refractivity contribution >= 4 is 5.91 Å². The fourth-order valence-corrected chi connectivity index (χ4v) is 3.25. The summed E-state index contributed by atoms with van der Waals surface area (Å²) in [5.74, 6) is 1.40. The third-order valence-electron chi connectivity index (χ3n) is 4.75. The van der Waals surface area contributed by atoms with Gasteiger partial charge in [-0.2, -0.15) is 0 Å². The van der Waals surface area contributed by atoms with Gasteiger partial charge in [-0.3, -0.25) is 9.69 Å². The molecule has 2 aliphatic heterocycles. The second kappa shape index (κ2) is 6.41. The van der Waals surface area contributed by atoms with E-state index in [1.54, 1.807) is 0 Å². The maximum absolute atomic E-state index is 12.0. The van der Waals surface area contributed by atoms with Gasteiger partial charge in [-0.15, -0.1) is 0 Å². The number of amides is 1. The van der Waals surface area contributed by atoms with Gasteiger partial charge in [-0.1, -0.05) is 0 Å². The molecule has 1 unspecified atom stereocenters. The summed E-state index contributed by atoms with van der Waals surface area (Å²) in [4.78, 5) is 14.2. The van der Waals surface area contributed by atoms with Crippen LogP contribution in [-0.4, -0.2) is 56.0 Å². The van der Waals surface area contributed by atoms with Crippen LogP contribution in [0.15, 0.2) is 0 Å². The Bertz CT molecular complexity index is 332. The molecule has 0 bridgehead atoms. The number of likely N-dealkylation sites (tertiary alicyclic amines) is 1. The number of hydrogen-bond acceptors (Lipinski definition) is 4. The first kappa shape index (κ1) is 14.3. The molecule has 3 fully saturated rings. The maximum Gasteiger partial charge on any atom is 0.234 e. The Labute approximate surface area is 121 Å². The zero-order valence-electron chi connectivity index (χ0n) is 12.3. The molecule has 2 saturated heterocycles. The van der Waals surface area contributed by atoms with Gasteiger partial charge in [0.2, 0.25) is 5.91 Å². The van der Waals surface area contributed by atoms with E-state index < -0.39 is 0 Å². The SMILES string of the molecule is CC(NC(=O)CN1CCC(C2OCCO2)CC1)C1CC1. The number of ether oxygens (including phenoxy) is 2. The van der Waals surface area contributed by atoms with Crippen LogP contribution in [0.5, 0.6) is 0 Å². The van der Waals surface area contributed by atoms with Gasteiger partial charge in [-0.25, -0.2) is 0 Å². The van der Waals surface area contributed by atoms with Gasteiger partial charge in [0.15, 0.2) is 6.29 Å². The summed E-state index contributed by atoms with van der Waals surface area (Å²) < 4.78 is 11.1. The van der Waals surface area contributed by atoms with Crippen LogP contribution in [0.3, 0.4) is 0 Å². The summed E-state index contributed by atoms with van der Waals surface area (Å²) in [6.45, 7) is 6.06. The van der Waals surface area contributed by atoms with Crippen LogP contribution >= 0.6 is 0 Å². The van der Waals surface area contributed by atoms with Gasteiger partial charge in [0.1, 0.15) is 0 Å². The largest absolute Gasteiger partial charge is 0.352 e. The molecule has 0 aromatic heterocycles. The zero-order valence-corrected chi connectivity index (χ0v) is 12.3. The minimum absolute atomic E-state index is 0.000801. The molecule has 1 amide bonds. The second-order valence-corrected chi connectivity index (χ2v) is 6.42. The predicted octanol–water partition coefficient (Wildman–Crippen LogP) is 0.986. The van der Waals surface area contributed by atoms with E-state index in [0.29, 0.717) is 18.5 Å². The highest BCUT2D eigenvalue weighted by atomic mass is 16.7. The van der Waals surface area contributed by atoms with Crippen molar-refractivity contribution in [2.24, 2.45) is 11.8 Å². The molecule has 1 atom stereocenters. The first-order valence-corrected chi connectivity index (χ1v) is 7.97. The maximum atomic E-state index is 12.0. The number of nitrogens with zero attached hydrogens (tertiary/aromatic N) is 1. The number of carbonyl (C=O) groups is 1. The summed E-state index contributed by atoms with van der Waals surface area (Å²) in [6.07, 6.45) is 4.68. The topological polar surface area (TPSA) is 50.8 Å². The van der Waals surface area contributed by atoms with Crippen molar-refractivity contribution in [1.29, 1.82) is 0 Å². The first-order valence-electron chi connectivity index (χ1n) is 7.97. The van der Waals surface area contributed by atoms with Crippen molar-refractivity contribution in [3.05, 3.63) is 0 Å². The highest BCUT2D eigenvalue weighted by molar-refractivity contribution is 5.78. The smallest absolute Gasteiger partial charge is 0.234 e. The molecule has 114 valence electrons. The van der Waals surface area contributed by atoms with E-state index in [9.17, 15) is 4.79 Å². The van der Waals surface area contributed by atoms with Crippen LogP contribution in [-0.2, 0) is 14.3 Å². The normalized spacial score (nSPS) is 27.6. The quantitative estimate of drug-likeness (QED) is 0.817. The van der Waals surface area contributed by atoms with Gasteiger partial charge in [-0.05, 0) is 51.6 Å². The zero-order chi connectivity index (χ0) is 13.9. The number of piperidine rings is 1. The average molecular weight is 282 g/mol. The molecule has 0 aromatic rings. The van der Waals surface area contributed by atoms with E-state index in [0.717, 1.165) is 45.1 Å². The Hall–Kier alpha value is -0.650. The molecule has 0 spiro atoms. The van der Waals surface area contributed by atoms with Gasteiger partial charge in [0.25, 0.3) is 0 Å². The summed E-state index contributed by atoms with van der Waals surface area (Å²) in [5, 5.41) is 3.13. The predicted molar refractivity (Wildman–Crippen MR) is 75.2 cm³/mol.